The van der Waals surface area contributed by atoms with E-state index in [0.717, 1.165) is 55.4 Å². The van der Waals surface area contributed by atoms with Crippen molar-refractivity contribution >= 4 is 33.5 Å². The summed E-state index contributed by atoms with van der Waals surface area (Å²) in [5.41, 5.74) is 0.652. The van der Waals surface area contributed by atoms with Crippen LogP contribution in [-0.2, 0) is 9.47 Å². The lowest BCUT2D eigenvalue weighted by atomic mass is 10.2. The fraction of sp³-hybridized carbons (Fsp3) is 0.667. The van der Waals surface area contributed by atoms with Crippen LogP contribution < -0.4 is 9.80 Å². The Labute approximate surface area is 163 Å². The molecule has 0 unspecified atom stereocenters. The minimum Gasteiger partial charge on any atom is -0.444 e. The Balaban J connectivity index is 1.68. The van der Waals surface area contributed by atoms with Crippen molar-refractivity contribution in [3.8, 4) is 0 Å². The highest BCUT2D eigenvalue weighted by atomic mass is 79.9. The second-order valence-electron chi connectivity index (χ2n) is 7.55. The van der Waals surface area contributed by atoms with Gasteiger partial charge >= 0.3 is 6.09 Å². The number of hydrogen-bond donors (Lipinski definition) is 0. The van der Waals surface area contributed by atoms with Gasteiger partial charge in [0.1, 0.15) is 5.60 Å². The fourth-order valence-electron chi connectivity index (χ4n) is 3.13. The summed E-state index contributed by atoms with van der Waals surface area (Å²) in [6, 6.07) is 2.12. The number of morpholine rings is 1. The lowest BCUT2D eigenvalue weighted by Crippen LogP contribution is -2.50. The Hall–Kier alpha value is -1.54. The third-order valence-electron chi connectivity index (χ3n) is 4.40. The monoisotopic (exact) mass is 426 g/mol. The van der Waals surface area contributed by atoms with E-state index in [9.17, 15) is 4.79 Å². The molecule has 3 rings (SSSR count). The molecule has 2 aliphatic heterocycles. The quantitative estimate of drug-likeness (QED) is 0.724. The molecule has 144 valence electrons. The van der Waals surface area contributed by atoms with Gasteiger partial charge in [-0.3, -0.25) is 0 Å². The summed E-state index contributed by atoms with van der Waals surface area (Å²) in [4.78, 5) is 23.3. The molecule has 2 saturated heterocycles. The number of ether oxygens (including phenoxy) is 2. The minimum absolute atomic E-state index is 0.241. The summed E-state index contributed by atoms with van der Waals surface area (Å²) in [5.74, 6) is 0.971. The third-order valence-corrected chi connectivity index (χ3v) is 4.83. The molecule has 0 bridgehead atoms. The Morgan fingerprint density at radius 2 is 1.77 bits per heavy atom. The normalized spacial score (nSPS) is 18.8. The lowest BCUT2D eigenvalue weighted by molar-refractivity contribution is 0.0240. The fourth-order valence-corrected chi connectivity index (χ4v) is 3.45. The van der Waals surface area contributed by atoms with Gasteiger partial charge in [-0.25, -0.2) is 9.78 Å². The highest BCUT2D eigenvalue weighted by Crippen LogP contribution is 2.31. The molecule has 8 heteroatoms. The van der Waals surface area contributed by atoms with Crippen LogP contribution in [0.2, 0.25) is 0 Å². The van der Waals surface area contributed by atoms with Gasteiger partial charge in [-0.1, -0.05) is 0 Å². The molecule has 0 aromatic carbocycles. The zero-order valence-corrected chi connectivity index (χ0v) is 17.3. The van der Waals surface area contributed by atoms with Crippen molar-refractivity contribution < 1.29 is 14.3 Å². The molecule has 26 heavy (non-hydrogen) atoms. The van der Waals surface area contributed by atoms with Crippen molar-refractivity contribution in [2.75, 3.05) is 62.3 Å². The first-order valence-corrected chi connectivity index (χ1v) is 9.84. The number of piperazine rings is 1. The van der Waals surface area contributed by atoms with Crippen molar-refractivity contribution in [2.24, 2.45) is 0 Å². The molecule has 0 radical (unpaired) electrons. The number of amides is 1. The van der Waals surface area contributed by atoms with Crippen LogP contribution in [0.4, 0.5) is 16.3 Å². The molecule has 2 aliphatic rings. The van der Waals surface area contributed by atoms with Crippen LogP contribution in [0.1, 0.15) is 20.8 Å². The highest BCUT2D eigenvalue weighted by molar-refractivity contribution is 9.10. The first-order valence-electron chi connectivity index (χ1n) is 9.04. The molecular weight excluding hydrogens is 400 g/mol. The molecule has 0 atom stereocenters. The van der Waals surface area contributed by atoms with Gasteiger partial charge in [0.2, 0.25) is 0 Å². The zero-order chi connectivity index (χ0) is 18.7. The number of pyridine rings is 1. The topological polar surface area (TPSA) is 58.1 Å². The van der Waals surface area contributed by atoms with Crippen LogP contribution in [0.3, 0.4) is 0 Å². The van der Waals surface area contributed by atoms with Crippen LogP contribution in [0, 0.1) is 0 Å². The van der Waals surface area contributed by atoms with E-state index in [2.05, 4.69) is 36.8 Å². The molecule has 2 fully saturated rings. The molecule has 0 N–H and O–H groups in total. The van der Waals surface area contributed by atoms with Crippen LogP contribution in [0.5, 0.6) is 0 Å². The summed E-state index contributed by atoms with van der Waals surface area (Å²) < 4.78 is 11.9. The second-order valence-corrected chi connectivity index (χ2v) is 8.47. The summed E-state index contributed by atoms with van der Waals surface area (Å²) in [7, 11) is 0. The molecule has 1 amide bonds. The van der Waals surface area contributed by atoms with Gasteiger partial charge in [-0.05, 0) is 42.8 Å². The largest absolute Gasteiger partial charge is 0.444 e. The number of carbonyl (C=O) groups is 1. The number of halogens is 1. The predicted molar refractivity (Wildman–Crippen MR) is 105 cm³/mol. The summed E-state index contributed by atoms with van der Waals surface area (Å²) in [5, 5.41) is 0. The predicted octanol–water partition coefficient (Wildman–Crippen LogP) is 2.74. The molecule has 0 saturated carbocycles. The van der Waals surface area contributed by atoms with Gasteiger partial charge in [-0.2, -0.15) is 0 Å². The van der Waals surface area contributed by atoms with Crippen LogP contribution in [-0.4, -0.2) is 74.1 Å². The maximum absolute atomic E-state index is 12.3. The van der Waals surface area contributed by atoms with Crippen LogP contribution >= 0.6 is 15.9 Å². The van der Waals surface area contributed by atoms with Gasteiger partial charge in [0.15, 0.2) is 5.82 Å². The average molecular weight is 427 g/mol. The standard InChI is InChI=1S/C18H27BrN4O3/c1-18(2,3)26-17(24)23-6-4-22(5-7-23)16-15(12-14(19)13-20-16)21-8-10-25-11-9-21/h12-13H,4-11H2,1-3H3. The summed E-state index contributed by atoms with van der Waals surface area (Å²) >= 11 is 3.54. The summed E-state index contributed by atoms with van der Waals surface area (Å²) in [6.45, 7) is 11.6. The SMILES string of the molecule is CC(C)(C)OC(=O)N1CCN(c2ncc(Br)cc2N2CCOCC2)CC1. The first-order chi connectivity index (χ1) is 12.3. The first kappa shape index (κ1) is 19.2. The molecular formula is C18H27BrN4O3. The lowest BCUT2D eigenvalue weighted by Gasteiger charge is -2.38. The highest BCUT2D eigenvalue weighted by Gasteiger charge is 2.28. The van der Waals surface area contributed by atoms with Gasteiger partial charge in [0.25, 0.3) is 0 Å². The molecule has 0 spiro atoms. The van der Waals surface area contributed by atoms with E-state index in [1.165, 1.54) is 0 Å². The Morgan fingerprint density at radius 1 is 1.12 bits per heavy atom. The van der Waals surface area contributed by atoms with E-state index in [0.29, 0.717) is 13.1 Å². The van der Waals surface area contributed by atoms with Crippen molar-refractivity contribution in [3.63, 3.8) is 0 Å². The Kier molecular flexibility index (Phi) is 5.92. The van der Waals surface area contributed by atoms with Crippen LogP contribution in [0.25, 0.3) is 0 Å². The maximum Gasteiger partial charge on any atom is 0.410 e. The van der Waals surface area contributed by atoms with Crippen molar-refractivity contribution in [2.45, 2.75) is 26.4 Å². The smallest absolute Gasteiger partial charge is 0.410 e. The number of rotatable bonds is 2. The van der Waals surface area contributed by atoms with E-state index in [4.69, 9.17) is 9.47 Å². The van der Waals surface area contributed by atoms with Gasteiger partial charge in [0, 0.05) is 49.9 Å². The maximum atomic E-state index is 12.3. The molecule has 0 aliphatic carbocycles. The minimum atomic E-state index is -0.467. The van der Waals surface area contributed by atoms with E-state index >= 15 is 0 Å². The second kappa shape index (κ2) is 8.00. The third kappa shape index (κ3) is 4.79. The van der Waals surface area contributed by atoms with E-state index in [-0.39, 0.29) is 6.09 Å². The van der Waals surface area contributed by atoms with E-state index in [1.54, 1.807) is 4.90 Å². The van der Waals surface area contributed by atoms with Crippen LogP contribution in [0.15, 0.2) is 16.7 Å². The molecule has 3 heterocycles. The number of carbonyl (C=O) groups excluding carboxylic acids is 1. The van der Waals surface area contributed by atoms with Crippen molar-refractivity contribution in [1.29, 1.82) is 0 Å². The zero-order valence-electron chi connectivity index (χ0n) is 15.7. The number of nitrogens with zero attached hydrogens (tertiary/aromatic N) is 4. The molecule has 1 aromatic rings. The average Bonchev–Trinajstić information content (AvgIpc) is 2.61. The van der Waals surface area contributed by atoms with Crippen molar-refractivity contribution in [3.05, 3.63) is 16.7 Å². The summed E-state index contributed by atoms with van der Waals surface area (Å²) in [6.07, 6.45) is 1.59. The number of aromatic nitrogens is 1. The van der Waals surface area contributed by atoms with Gasteiger partial charge < -0.3 is 24.2 Å². The molecule has 7 nitrogen and oxygen atoms in total. The van der Waals surface area contributed by atoms with E-state index in [1.807, 2.05) is 27.0 Å². The number of hydrogen-bond acceptors (Lipinski definition) is 6. The Morgan fingerprint density at radius 3 is 2.38 bits per heavy atom. The van der Waals surface area contributed by atoms with E-state index < -0.39 is 5.60 Å². The van der Waals surface area contributed by atoms with Gasteiger partial charge in [-0.15, -0.1) is 0 Å². The number of anilines is 2. The molecule has 1 aromatic heterocycles. The van der Waals surface area contributed by atoms with Gasteiger partial charge in [0.05, 0.1) is 18.9 Å². The van der Waals surface area contributed by atoms with Crippen molar-refractivity contribution in [1.82, 2.24) is 9.88 Å². The Bertz CT molecular complexity index is 636.